The Balaban J connectivity index is 1.87. The van der Waals surface area contributed by atoms with Gasteiger partial charge in [0.25, 0.3) is 0 Å². The summed E-state index contributed by atoms with van der Waals surface area (Å²) in [6.07, 6.45) is 0. The second-order valence-corrected chi connectivity index (χ2v) is 6.48. The number of hydrogen-bond acceptors (Lipinski definition) is 3. The van der Waals surface area contributed by atoms with Gasteiger partial charge in [-0.1, -0.05) is 50.2 Å². The zero-order chi connectivity index (χ0) is 18.3. The first-order valence-corrected chi connectivity index (χ1v) is 8.24. The van der Waals surface area contributed by atoms with Gasteiger partial charge in [-0.2, -0.15) is 0 Å². The van der Waals surface area contributed by atoms with Crippen LogP contribution in [0.3, 0.4) is 0 Å². The topological polar surface area (TPSA) is 59.6 Å². The predicted octanol–water partition coefficient (Wildman–Crippen LogP) is 3.48. The van der Waals surface area contributed by atoms with E-state index in [9.17, 15) is 4.79 Å². The summed E-state index contributed by atoms with van der Waals surface area (Å²) in [7, 11) is 3.19. The molecule has 0 bridgehead atoms. The lowest BCUT2D eigenvalue weighted by atomic mass is 9.85. The van der Waals surface area contributed by atoms with Gasteiger partial charge in [-0.15, -0.1) is 0 Å². The molecule has 2 aromatic rings. The van der Waals surface area contributed by atoms with Crippen molar-refractivity contribution in [1.82, 2.24) is 10.6 Å². The van der Waals surface area contributed by atoms with Crippen molar-refractivity contribution in [2.75, 3.05) is 20.8 Å². The van der Waals surface area contributed by atoms with Gasteiger partial charge in [-0.3, -0.25) is 0 Å². The number of benzene rings is 2. The van der Waals surface area contributed by atoms with Crippen LogP contribution >= 0.6 is 0 Å². The van der Waals surface area contributed by atoms with Gasteiger partial charge in [0.1, 0.15) is 0 Å². The Morgan fingerprint density at radius 1 is 0.960 bits per heavy atom. The Kier molecular flexibility index (Phi) is 6.28. The van der Waals surface area contributed by atoms with Crippen molar-refractivity contribution in [2.24, 2.45) is 0 Å². The molecule has 0 aromatic heterocycles. The van der Waals surface area contributed by atoms with Gasteiger partial charge in [0, 0.05) is 18.5 Å². The second kappa shape index (κ2) is 8.42. The van der Waals surface area contributed by atoms with Crippen LogP contribution in [0.1, 0.15) is 25.0 Å². The van der Waals surface area contributed by atoms with E-state index in [2.05, 4.69) is 36.6 Å². The Bertz CT molecular complexity index is 699. The molecule has 0 aliphatic rings. The third kappa shape index (κ3) is 5.14. The Morgan fingerprint density at radius 3 is 2.28 bits per heavy atom. The molecule has 2 amide bonds. The molecule has 2 N–H and O–H groups in total. The van der Waals surface area contributed by atoms with E-state index < -0.39 is 0 Å². The molecule has 0 saturated heterocycles. The van der Waals surface area contributed by atoms with E-state index in [1.165, 1.54) is 5.56 Å². The van der Waals surface area contributed by atoms with Crippen LogP contribution in [0.5, 0.6) is 11.5 Å². The Labute approximate surface area is 149 Å². The first-order chi connectivity index (χ1) is 12.0. The molecule has 0 aliphatic carbocycles. The molecule has 0 radical (unpaired) electrons. The molecular formula is C20H26N2O3. The highest BCUT2D eigenvalue weighted by atomic mass is 16.5. The summed E-state index contributed by atoms with van der Waals surface area (Å²) in [5.41, 5.74) is 1.99. The van der Waals surface area contributed by atoms with Crippen LogP contribution in [0.4, 0.5) is 4.79 Å². The maximum atomic E-state index is 12.1. The van der Waals surface area contributed by atoms with Gasteiger partial charge < -0.3 is 20.1 Å². The summed E-state index contributed by atoms with van der Waals surface area (Å²) in [6, 6.07) is 15.5. The number of carbonyl (C=O) groups is 1. The second-order valence-electron chi connectivity index (χ2n) is 6.48. The maximum absolute atomic E-state index is 12.1. The first-order valence-electron chi connectivity index (χ1n) is 8.24. The number of ether oxygens (including phenoxy) is 2. The molecule has 5 heteroatoms. The van der Waals surface area contributed by atoms with Crippen LogP contribution in [-0.4, -0.2) is 26.8 Å². The fourth-order valence-electron chi connectivity index (χ4n) is 2.53. The Morgan fingerprint density at radius 2 is 1.64 bits per heavy atom. The highest BCUT2D eigenvalue weighted by molar-refractivity contribution is 5.74. The first kappa shape index (κ1) is 18.6. The van der Waals surface area contributed by atoms with E-state index in [1.54, 1.807) is 14.2 Å². The summed E-state index contributed by atoms with van der Waals surface area (Å²) < 4.78 is 10.5. The van der Waals surface area contributed by atoms with Gasteiger partial charge in [0.15, 0.2) is 11.5 Å². The van der Waals surface area contributed by atoms with E-state index in [0.29, 0.717) is 24.6 Å². The van der Waals surface area contributed by atoms with Crippen molar-refractivity contribution in [3.63, 3.8) is 0 Å². The lowest BCUT2D eigenvalue weighted by Gasteiger charge is -2.25. The SMILES string of the molecule is COc1ccc(CNC(=O)NCC(C)(C)c2ccccc2)cc1OC. The number of rotatable bonds is 7. The molecule has 5 nitrogen and oxygen atoms in total. The quantitative estimate of drug-likeness (QED) is 0.810. The maximum Gasteiger partial charge on any atom is 0.315 e. The normalized spacial score (nSPS) is 10.9. The fourth-order valence-corrected chi connectivity index (χ4v) is 2.53. The number of urea groups is 1. The summed E-state index contributed by atoms with van der Waals surface area (Å²) in [4.78, 5) is 12.1. The number of amides is 2. The standard InChI is InChI=1S/C20H26N2O3/c1-20(2,16-8-6-5-7-9-16)14-22-19(23)21-13-15-10-11-17(24-3)18(12-15)25-4/h5-12H,13-14H2,1-4H3,(H2,21,22,23). The molecule has 2 rings (SSSR count). The number of nitrogens with one attached hydrogen (secondary N) is 2. The molecule has 25 heavy (non-hydrogen) atoms. The minimum Gasteiger partial charge on any atom is -0.493 e. The highest BCUT2D eigenvalue weighted by Gasteiger charge is 2.20. The third-order valence-electron chi connectivity index (χ3n) is 4.15. The largest absolute Gasteiger partial charge is 0.493 e. The Hall–Kier alpha value is -2.69. The molecule has 0 spiro atoms. The number of methoxy groups -OCH3 is 2. The third-order valence-corrected chi connectivity index (χ3v) is 4.15. The summed E-state index contributed by atoms with van der Waals surface area (Å²) in [6.45, 7) is 5.18. The molecule has 2 aromatic carbocycles. The fraction of sp³-hybridized carbons (Fsp3) is 0.350. The van der Waals surface area contributed by atoms with Crippen molar-refractivity contribution in [2.45, 2.75) is 25.8 Å². The molecular weight excluding hydrogens is 316 g/mol. The summed E-state index contributed by atoms with van der Waals surface area (Å²) in [5, 5.41) is 5.80. The van der Waals surface area contributed by atoms with Crippen molar-refractivity contribution in [3.8, 4) is 11.5 Å². The van der Waals surface area contributed by atoms with E-state index in [0.717, 1.165) is 5.56 Å². The van der Waals surface area contributed by atoms with E-state index in [-0.39, 0.29) is 11.4 Å². The van der Waals surface area contributed by atoms with E-state index in [4.69, 9.17) is 9.47 Å². The van der Waals surface area contributed by atoms with Crippen LogP contribution in [0.2, 0.25) is 0 Å². The lowest BCUT2D eigenvalue weighted by molar-refractivity contribution is 0.238. The van der Waals surface area contributed by atoms with Gasteiger partial charge in [-0.25, -0.2) is 4.79 Å². The molecule has 0 saturated carbocycles. The smallest absolute Gasteiger partial charge is 0.315 e. The molecule has 134 valence electrons. The molecule has 0 aliphatic heterocycles. The van der Waals surface area contributed by atoms with E-state index >= 15 is 0 Å². The monoisotopic (exact) mass is 342 g/mol. The molecule has 0 unspecified atom stereocenters. The number of carbonyl (C=O) groups excluding carboxylic acids is 1. The lowest BCUT2D eigenvalue weighted by Crippen LogP contribution is -2.42. The van der Waals surface area contributed by atoms with Crippen molar-refractivity contribution < 1.29 is 14.3 Å². The van der Waals surface area contributed by atoms with Gasteiger partial charge in [0.2, 0.25) is 0 Å². The molecule has 0 atom stereocenters. The molecule has 0 fully saturated rings. The predicted molar refractivity (Wildman–Crippen MR) is 99.3 cm³/mol. The van der Waals surface area contributed by atoms with Crippen LogP contribution < -0.4 is 20.1 Å². The van der Waals surface area contributed by atoms with Crippen molar-refractivity contribution in [1.29, 1.82) is 0 Å². The summed E-state index contributed by atoms with van der Waals surface area (Å²) in [5.74, 6) is 1.31. The number of hydrogen-bond donors (Lipinski definition) is 2. The van der Waals surface area contributed by atoms with E-state index in [1.807, 2.05) is 36.4 Å². The zero-order valence-electron chi connectivity index (χ0n) is 15.3. The minimum atomic E-state index is -0.196. The summed E-state index contributed by atoms with van der Waals surface area (Å²) >= 11 is 0. The van der Waals surface area contributed by atoms with Gasteiger partial charge in [0.05, 0.1) is 14.2 Å². The highest BCUT2D eigenvalue weighted by Crippen LogP contribution is 2.27. The average Bonchev–Trinajstić information content (AvgIpc) is 2.65. The van der Waals surface area contributed by atoms with Crippen molar-refractivity contribution >= 4 is 6.03 Å². The van der Waals surface area contributed by atoms with Crippen molar-refractivity contribution in [3.05, 3.63) is 59.7 Å². The van der Waals surface area contributed by atoms with Crippen LogP contribution in [0, 0.1) is 0 Å². The average molecular weight is 342 g/mol. The minimum absolute atomic E-state index is 0.137. The van der Waals surface area contributed by atoms with Gasteiger partial charge >= 0.3 is 6.03 Å². The zero-order valence-corrected chi connectivity index (χ0v) is 15.3. The molecule has 0 heterocycles. The van der Waals surface area contributed by atoms with Crippen LogP contribution in [0.15, 0.2) is 48.5 Å². The van der Waals surface area contributed by atoms with Crippen LogP contribution in [0.25, 0.3) is 0 Å². The van der Waals surface area contributed by atoms with Crippen LogP contribution in [-0.2, 0) is 12.0 Å². The van der Waals surface area contributed by atoms with Gasteiger partial charge in [-0.05, 0) is 23.3 Å².